The Hall–Kier alpha value is -2.36. The van der Waals surface area contributed by atoms with Crippen molar-refractivity contribution in [3.8, 4) is 5.75 Å². The highest BCUT2D eigenvalue weighted by molar-refractivity contribution is 7.80. The summed E-state index contributed by atoms with van der Waals surface area (Å²) >= 11 is 5.36. The van der Waals surface area contributed by atoms with Crippen LogP contribution < -0.4 is 9.64 Å². The lowest BCUT2D eigenvalue weighted by Crippen LogP contribution is -2.51. The molecule has 1 saturated heterocycles. The lowest BCUT2D eigenvalue weighted by atomic mass is 9.80. The first-order valence-corrected chi connectivity index (χ1v) is 9.32. The van der Waals surface area contributed by atoms with Gasteiger partial charge in [0.05, 0.1) is 12.3 Å². The fourth-order valence-electron chi connectivity index (χ4n) is 3.78. The molecule has 2 aliphatic rings. The minimum Gasteiger partial charge on any atom is -0.449 e. The maximum atomic E-state index is 13.2. The van der Waals surface area contributed by atoms with Gasteiger partial charge in [0, 0.05) is 0 Å². The zero-order valence-corrected chi connectivity index (χ0v) is 15.9. The summed E-state index contributed by atoms with van der Waals surface area (Å²) in [6.45, 7) is 1.62. The molecule has 1 aromatic rings. The van der Waals surface area contributed by atoms with Crippen molar-refractivity contribution in [2.75, 3.05) is 11.5 Å². The maximum absolute atomic E-state index is 13.2. The largest absolute Gasteiger partial charge is 0.573 e. The number of rotatable bonds is 3. The van der Waals surface area contributed by atoms with Gasteiger partial charge in [0.2, 0.25) is 0 Å². The number of para-hydroxylation sites is 2. The summed E-state index contributed by atoms with van der Waals surface area (Å²) < 4.78 is 47.8. The molecule has 1 saturated carbocycles. The molecule has 28 heavy (non-hydrogen) atoms. The van der Waals surface area contributed by atoms with E-state index >= 15 is 0 Å². The highest BCUT2D eigenvalue weighted by Gasteiger charge is 2.59. The molecule has 152 valence electrons. The van der Waals surface area contributed by atoms with Crippen LogP contribution in [0.25, 0.3) is 0 Å². The van der Waals surface area contributed by atoms with Gasteiger partial charge < -0.3 is 9.47 Å². The summed E-state index contributed by atoms with van der Waals surface area (Å²) in [5.74, 6) is -1.06. The number of benzene rings is 1. The minimum atomic E-state index is -4.91. The number of hydrogen-bond donors (Lipinski definition) is 0. The molecule has 2 fully saturated rings. The Bertz CT molecular complexity index is 793. The van der Waals surface area contributed by atoms with Crippen molar-refractivity contribution >= 4 is 35.0 Å². The average molecular weight is 416 g/mol. The normalized spacial score (nSPS) is 19.3. The van der Waals surface area contributed by atoms with Gasteiger partial charge >= 0.3 is 12.5 Å². The van der Waals surface area contributed by atoms with E-state index in [-0.39, 0.29) is 17.4 Å². The van der Waals surface area contributed by atoms with Gasteiger partial charge in [-0.1, -0.05) is 31.4 Å². The topological polar surface area (TPSA) is 59.1 Å². The standard InChI is InChI=1S/C18H19F3N2O4S/c1-2-26-16(25)22-14(24)17(10-6-3-7-11-17)23(15(22)28)12-8-4-5-9-13(12)27-18(19,20)21/h4-5,8-9H,2-3,6-7,10-11H2,1H3. The Kier molecular flexibility index (Phi) is 5.51. The quantitative estimate of drug-likeness (QED) is 0.682. The molecule has 1 spiro atoms. The number of thiocarbonyl (C=S) groups is 1. The molecule has 0 bridgehead atoms. The fraction of sp³-hybridized carbons (Fsp3) is 0.500. The lowest BCUT2D eigenvalue weighted by molar-refractivity contribution is -0.274. The van der Waals surface area contributed by atoms with Crippen molar-refractivity contribution in [3.63, 3.8) is 0 Å². The van der Waals surface area contributed by atoms with E-state index < -0.39 is 29.7 Å². The summed E-state index contributed by atoms with van der Waals surface area (Å²) in [4.78, 5) is 27.6. The molecule has 1 aliphatic carbocycles. The molecule has 3 rings (SSSR count). The van der Waals surface area contributed by atoms with E-state index in [1.165, 1.54) is 23.1 Å². The zero-order chi connectivity index (χ0) is 20.5. The van der Waals surface area contributed by atoms with E-state index in [2.05, 4.69) is 4.74 Å². The molecule has 1 aliphatic heterocycles. The maximum Gasteiger partial charge on any atom is 0.573 e. The first-order valence-electron chi connectivity index (χ1n) is 8.91. The molecule has 0 radical (unpaired) electrons. The van der Waals surface area contributed by atoms with E-state index in [1.54, 1.807) is 6.92 Å². The van der Waals surface area contributed by atoms with Crippen LogP contribution in [0.3, 0.4) is 0 Å². The first-order chi connectivity index (χ1) is 13.2. The summed E-state index contributed by atoms with van der Waals surface area (Å²) in [5, 5.41) is -0.205. The molecule has 1 heterocycles. The summed E-state index contributed by atoms with van der Waals surface area (Å²) in [5.41, 5.74) is -1.24. The Morgan fingerprint density at radius 1 is 1.21 bits per heavy atom. The Labute approximate surface area is 165 Å². The minimum absolute atomic E-state index is 0.00752. The van der Waals surface area contributed by atoms with Crippen LogP contribution in [0.5, 0.6) is 5.75 Å². The summed E-state index contributed by atoms with van der Waals surface area (Å²) in [6, 6.07) is 5.46. The molecule has 0 N–H and O–H groups in total. The molecule has 10 heteroatoms. The van der Waals surface area contributed by atoms with Gasteiger partial charge in [-0.2, -0.15) is 4.90 Å². The first kappa shape index (κ1) is 20.4. The van der Waals surface area contributed by atoms with Crippen molar-refractivity contribution in [3.05, 3.63) is 24.3 Å². The molecule has 1 aromatic carbocycles. The van der Waals surface area contributed by atoms with Gasteiger partial charge in [0.15, 0.2) is 10.9 Å². The molecule has 0 unspecified atom stereocenters. The molecule has 2 amide bonds. The highest BCUT2D eigenvalue weighted by atomic mass is 32.1. The number of hydrogen-bond acceptors (Lipinski definition) is 5. The second-order valence-corrected chi connectivity index (χ2v) is 6.93. The highest BCUT2D eigenvalue weighted by Crippen LogP contribution is 2.46. The monoisotopic (exact) mass is 416 g/mol. The second kappa shape index (κ2) is 7.57. The SMILES string of the molecule is CCOC(=O)N1C(=O)C2(CCCCC2)N(c2ccccc2OC(F)(F)F)C1=S. The van der Waals surface area contributed by atoms with E-state index in [4.69, 9.17) is 17.0 Å². The van der Waals surface area contributed by atoms with E-state index in [0.717, 1.165) is 17.4 Å². The molecule has 0 atom stereocenters. The van der Waals surface area contributed by atoms with Crippen LogP contribution in [0, 0.1) is 0 Å². The van der Waals surface area contributed by atoms with Gasteiger partial charge in [0.1, 0.15) is 5.54 Å². The van der Waals surface area contributed by atoms with Gasteiger partial charge in [-0.15, -0.1) is 13.2 Å². The van der Waals surface area contributed by atoms with Gasteiger partial charge in [-0.05, 0) is 44.1 Å². The number of amides is 2. The Morgan fingerprint density at radius 2 is 1.86 bits per heavy atom. The third-order valence-electron chi connectivity index (χ3n) is 4.87. The van der Waals surface area contributed by atoms with Crippen LogP contribution in [-0.2, 0) is 9.53 Å². The van der Waals surface area contributed by atoms with Crippen LogP contribution in [0.4, 0.5) is 23.7 Å². The predicted octanol–water partition coefficient (Wildman–Crippen LogP) is 4.38. The number of carbonyl (C=O) groups excluding carboxylic acids is 2. The van der Waals surface area contributed by atoms with Crippen molar-refractivity contribution in [2.24, 2.45) is 0 Å². The average Bonchev–Trinajstić information content (AvgIpc) is 2.82. The van der Waals surface area contributed by atoms with E-state index in [9.17, 15) is 22.8 Å². The number of nitrogens with zero attached hydrogens (tertiary/aromatic N) is 2. The number of alkyl halides is 3. The number of ether oxygens (including phenoxy) is 2. The lowest BCUT2D eigenvalue weighted by Gasteiger charge is -2.39. The number of imide groups is 1. The summed E-state index contributed by atoms with van der Waals surface area (Å²) in [6.07, 6.45) is -2.87. The van der Waals surface area contributed by atoms with E-state index in [0.29, 0.717) is 25.7 Å². The number of anilines is 1. The van der Waals surface area contributed by atoms with Gasteiger partial charge in [-0.3, -0.25) is 9.69 Å². The Balaban J connectivity index is 2.11. The van der Waals surface area contributed by atoms with Crippen LogP contribution >= 0.6 is 12.2 Å². The third-order valence-corrected chi connectivity index (χ3v) is 5.24. The van der Waals surface area contributed by atoms with Crippen LogP contribution in [0.1, 0.15) is 39.0 Å². The van der Waals surface area contributed by atoms with Crippen molar-refractivity contribution in [2.45, 2.75) is 50.9 Å². The van der Waals surface area contributed by atoms with Crippen molar-refractivity contribution in [1.29, 1.82) is 0 Å². The Morgan fingerprint density at radius 3 is 2.46 bits per heavy atom. The number of halogens is 3. The zero-order valence-electron chi connectivity index (χ0n) is 15.1. The van der Waals surface area contributed by atoms with Crippen molar-refractivity contribution in [1.82, 2.24) is 4.90 Å². The smallest absolute Gasteiger partial charge is 0.449 e. The summed E-state index contributed by atoms with van der Waals surface area (Å²) in [7, 11) is 0. The fourth-order valence-corrected chi connectivity index (χ4v) is 4.21. The molecular weight excluding hydrogens is 397 g/mol. The molecule has 6 nitrogen and oxygen atoms in total. The predicted molar refractivity (Wildman–Crippen MR) is 97.9 cm³/mol. The van der Waals surface area contributed by atoms with Crippen LogP contribution in [0.15, 0.2) is 24.3 Å². The van der Waals surface area contributed by atoms with Crippen LogP contribution in [0.2, 0.25) is 0 Å². The second-order valence-electron chi connectivity index (χ2n) is 6.57. The van der Waals surface area contributed by atoms with E-state index in [1.807, 2.05) is 0 Å². The van der Waals surface area contributed by atoms with Gasteiger partial charge in [-0.25, -0.2) is 4.79 Å². The molecular formula is C18H19F3N2O4S. The van der Waals surface area contributed by atoms with Crippen molar-refractivity contribution < 1.29 is 32.2 Å². The molecule has 0 aromatic heterocycles. The third kappa shape index (κ3) is 3.52. The van der Waals surface area contributed by atoms with Crippen LogP contribution in [-0.4, -0.2) is 40.5 Å². The number of carbonyl (C=O) groups is 2. The van der Waals surface area contributed by atoms with Gasteiger partial charge in [0.25, 0.3) is 5.91 Å².